The predicted octanol–water partition coefficient (Wildman–Crippen LogP) is 4.22. The third-order valence-electron chi connectivity index (χ3n) is 4.86. The summed E-state index contributed by atoms with van der Waals surface area (Å²) in [6.45, 7) is 8.44. The van der Waals surface area contributed by atoms with Crippen LogP contribution in [0.2, 0.25) is 0 Å². The number of rotatable bonds is 5. The molecule has 1 saturated carbocycles. The summed E-state index contributed by atoms with van der Waals surface area (Å²) in [5.41, 5.74) is 2.43. The lowest BCUT2D eigenvalue weighted by atomic mass is 9.71. The number of aldehydes is 1. The summed E-state index contributed by atoms with van der Waals surface area (Å²) in [5.74, 6) is 0.775. The van der Waals surface area contributed by atoms with Gasteiger partial charge in [-0.15, -0.1) is 0 Å². The van der Waals surface area contributed by atoms with E-state index in [1.54, 1.807) is 0 Å². The Labute approximate surface area is 123 Å². The summed E-state index contributed by atoms with van der Waals surface area (Å²) in [7, 11) is 0. The number of hydrogen-bond acceptors (Lipinski definition) is 2. The van der Waals surface area contributed by atoms with Crippen molar-refractivity contribution >= 4 is 12.0 Å². The van der Waals surface area contributed by atoms with Crippen LogP contribution in [0.5, 0.6) is 0 Å². The molecule has 0 unspecified atom stereocenters. The summed E-state index contributed by atoms with van der Waals surface area (Å²) in [5, 5.41) is 0. The number of carbonyl (C=O) groups excluding carboxylic acids is 1. The first-order valence-corrected chi connectivity index (χ1v) is 7.87. The fourth-order valence-electron chi connectivity index (χ4n) is 3.32. The van der Waals surface area contributed by atoms with Crippen LogP contribution in [0, 0.1) is 18.3 Å². The normalized spacial score (nSPS) is 26.2. The van der Waals surface area contributed by atoms with E-state index in [0.29, 0.717) is 0 Å². The average molecular weight is 273 g/mol. The molecule has 20 heavy (non-hydrogen) atoms. The minimum Gasteiger partial charge on any atom is -0.371 e. The first-order valence-electron chi connectivity index (χ1n) is 7.87. The van der Waals surface area contributed by atoms with Crippen molar-refractivity contribution in [2.75, 3.05) is 18.0 Å². The minimum atomic E-state index is -0.134. The monoisotopic (exact) mass is 273 g/mol. The Kier molecular flexibility index (Phi) is 4.85. The maximum Gasteiger partial charge on any atom is 0.127 e. The van der Waals surface area contributed by atoms with Crippen LogP contribution in [-0.4, -0.2) is 19.4 Å². The van der Waals surface area contributed by atoms with Crippen molar-refractivity contribution < 1.29 is 4.79 Å². The van der Waals surface area contributed by atoms with Crippen molar-refractivity contribution in [2.24, 2.45) is 11.3 Å². The van der Waals surface area contributed by atoms with Crippen LogP contribution < -0.4 is 4.90 Å². The zero-order valence-corrected chi connectivity index (χ0v) is 13.1. The van der Waals surface area contributed by atoms with Crippen LogP contribution in [0.3, 0.4) is 0 Å². The minimum absolute atomic E-state index is 0.134. The molecule has 0 heterocycles. The quantitative estimate of drug-likeness (QED) is 0.749. The van der Waals surface area contributed by atoms with E-state index < -0.39 is 0 Å². The van der Waals surface area contributed by atoms with Gasteiger partial charge in [-0.1, -0.05) is 25.1 Å². The molecule has 0 saturated heterocycles. The molecular formula is C18H27NO. The number of aryl methyl sites for hydroxylation is 1. The number of para-hydroxylation sites is 1. The number of nitrogens with zero attached hydrogens (tertiary/aromatic N) is 1. The molecule has 1 aromatic carbocycles. The molecule has 0 radical (unpaired) electrons. The number of benzene rings is 1. The van der Waals surface area contributed by atoms with E-state index in [9.17, 15) is 4.79 Å². The standard InChI is InChI=1S/C18H27NO/c1-4-19(17-8-6-5-7-16(17)3)13-18(14-20)11-9-15(2)10-12-18/h5-8,14-15H,4,9-13H2,1-3H3. The lowest BCUT2D eigenvalue weighted by molar-refractivity contribution is -0.117. The van der Waals surface area contributed by atoms with Crippen LogP contribution >= 0.6 is 0 Å². The molecule has 1 aliphatic rings. The van der Waals surface area contributed by atoms with Gasteiger partial charge in [-0.2, -0.15) is 0 Å². The summed E-state index contributed by atoms with van der Waals surface area (Å²) < 4.78 is 0. The van der Waals surface area contributed by atoms with Gasteiger partial charge in [-0.05, 0) is 57.1 Å². The van der Waals surface area contributed by atoms with E-state index in [4.69, 9.17) is 0 Å². The van der Waals surface area contributed by atoms with Gasteiger partial charge in [0, 0.05) is 24.2 Å². The summed E-state index contributed by atoms with van der Waals surface area (Å²) in [6, 6.07) is 8.48. The zero-order valence-electron chi connectivity index (χ0n) is 13.1. The highest BCUT2D eigenvalue weighted by Gasteiger charge is 2.35. The summed E-state index contributed by atoms with van der Waals surface area (Å²) in [4.78, 5) is 14.1. The lowest BCUT2D eigenvalue weighted by Crippen LogP contribution is -2.41. The van der Waals surface area contributed by atoms with Crippen molar-refractivity contribution in [3.05, 3.63) is 29.8 Å². The van der Waals surface area contributed by atoms with Gasteiger partial charge in [0.15, 0.2) is 0 Å². The summed E-state index contributed by atoms with van der Waals surface area (Å²) in [6.07, 6.45) is 5.69. The fourth-order valence-corrected chi connectivity index (χ4v) is 3.32. The molecule has 1 aliphatic carbocycles. The second kappa shape index (κ2) is 6.43. The number of hydrogen-bond donors (Lipinski definition) is 0. The van der Waals surface area contributed by atoms with Crippen molar-refractivity contribution in [1.29, 1.82) is 0 Å². The third-order valence-corrected chi connectivity index (χ3v) is 4.86. The van der Waals surface area contributed by atoms with Gasteiger partial charge in [0.25, 0.3) is 0 Å². The van der Waals surface area contributed by atoms with Crippen molar-refractivity contribution in [2.45, 2.75) is 46.5 Å². The fraction of sp³-hybridized carbons (Fsp3) is 0.611. The Bertz CT molecular complexity index is 446. The molecule has 0 bridgehead atoms. The Morgan fingerprint density at radius 1 is 1.30 bits per heavy atom. The number of anilines is 1. The Balaban J connectivity index is 2.16. The highest BCUT2D eigenvalue weighted by molar-refractivity contribution is 5.63. The van der Waals surface area contributed by atoms with Crippen LogP contribution in [0.1, 0.15) is 45.1 Å². The molecule has 1 fully saturated rings. The SMILES string of the molecule is CCN(CC1(C=O)CCC(C)CC1)c1ccccc1C. The molecule has 1 aromatic rings. The predicted molar refractivity (Wildman–Crippen MR) is 85.2 cm³/mol. The molecular weight excluding hydrogens is 246 g/mol. The molecule has 2 heteroatoms. The van der Waals surface area contributed by atoms with Crippen molar-refractivity contribution in [1.82, 2.24) is 0 Å². The van der Waals surface area contributed by atoms with Gasteiger partial charge in [0.2, 0.25) is 0 Å². The summed E-state index contributed by atoms with van der Waals surface area (Å²) >= 11 is 0. The van der Waals surface area contributed by atoms with Crippen molar-refractivity contribution in [3.8, 4) is 0 Å². The van der Waals surface area contributed by atoms with Gasteiger partial charge < -0.3 is 9.69 Å². The van der Waals surface area contributed by atoms with Crippen LogP contribution in [0.25, 0.3) is 0 Å². The molecule has 110 valence electrons. The maximum atomic E-state index is 11.7. The van der Waals surface area contributed by atoms with Crippen molar-refractivity contribution in [3.63, 3.8) is 0 Å². The van der Waals surface area contributed by atoms with E-state index in [1.165, 1.54) is 30.4 Å². The number of carbonyl (C=O) groups is 1. The average Bonchev–Trinajstić information content (AvgIpc) is 2.48. The Morgan fingerprint density at radius 2 is 1.95 bits per heavy atom. The van der Waals surface area contributed by atoms with Crippen LogP contribution in [-0.2, 0) is 4.79 Å². The Hall–Kier alpha value is -1.31. The van der Waals surface area contributed by atoms with Crippen LogP contribution in [0.15, 0.2) is 24.3 Å². The molecule has 0 N–H and O–H groups in total. The molecule has 0 spiro atoms. The first-order chi connectivity index (χ1) is 9.60. The first kappa shape index (κ1) is 15.1. The highest BCUT2D eigenvalue weighted by Crippen LogP contribution is 2.39. The topological polar surface area (TPSA) is 20.3 Å². The van der Waals surface area contributed by atoms with E-state index in [1.807, 2.05) is 0 Å². The van der Waals surface area contributed by atoms with Crippen LogP contribution in [0.4, 0.5) is 5.69 Å². The molecule has 0 atom stereocenters. The molecule has 0 aliphatic heterocycles. The second-order valence-corrected chi connectivity index (χ2v) is 6.46. The molecule has 2 rings (SSSR count). The molecule has 2 nitrogen and oxygen atoms in total. The zero-order chi connectivity index (χ0) is 14.6. The largest absolute Gasteiger partial charge is 0.371 e. The lowest BCUT2D eigenvalue weighted by Gasteiger charge is -2.39. The second-order valence-electron chi connectivity index (χ2n) is 6.46. The maximum absolute atomic E-state index is 11.7. The van der Waals surface area contributed by atoms with Gasteiger partial charge in [-0.25, -0.2) is 0 Å². The molecule has 0 amide bonds. The van der Waals surface area contributed by atoms with E-state index in [-0.39, 0.29) is 5.41 Å². The van der Waals surface area contributed by atoms with Gasteiger partial charge >= 0.3 is 0 Å². The van der Waals surface area contributed by atoms with Gasteiger partial charge in [-0.3, -0.25) is 0 Å². The van der Waals surface area contributed by atoms with E-state index in [0.717, 1.165) is 31.8 Å². The highest BCUT2D eigenvalue weighted by atomic mass is 16.1. The van der Waals surface area contributed by atoms with Gasteiger partial charge in [0.1, 0.15) is 6.29 Å². The van der Waals surface area contributed by atoms with E-state index in [2.05, 4.69) is 49.9 Å². The van der Waals surface area contributed by atoms with E-state index >= 15 is 0 Å². The van der Waals surface area contributed by atoms with Gasteiger partial charge in [0.05, 0.1) is 0 Å². The Morgan fingerprint density at radius 3 is 2.50 bits per heavy atom. The molecule has 0 aromatic heterocycles. The smallest absolute Gasteiger partial charge is 0.127 e. The third kappa shape index (κ3) is 3.23.